The molecular formula is C77H90B2N2O4. The Labute approximate surface area is 510 Å². The van der Waals surface area contributed by atoms with Gasteiger partial charge in [-0.2, -0.15) is 0 Å². The van der Waals surface area contributed by atoms with Crippen LogP contribution in [0.25, 0.3) is 33.4 Å². The van der Waals surface area contributed by atoms with E-state index in [0.717, 1.165) is 70.7 Å². The zero-order valence-corrected chi connectivity index (χ0v) is 52.9. The molecule has 85 heavy (non-hydrogen) atoms. The number of nitrogens with zero attached hydrogens (tertiary/aromatic N) is 2. The van der Waals surface area contributed by atoms with Crippen LogP contribution >= 0.6 is 0 Å². The highest BCUT2D eigenvalue weighted by molar-refractivity contribution is 6.62. The molecule has 0 radical (unpaired) electrons. The monoisotopic (exact) mass is 1130 g/mol. The van der Waals surface area contributed by atoms with Crippen LogP contribution in [0.4, 0.5) is 34.1 Å². The summed E-state index contributed by atoms with van der Waals surface area (Å²) in [6.07, 6.45) is 12.0. The molecule has 6 nitrogen and oxygen atoms in total. The van der Waals surface area contributed by atoms with Gasteiger partial charge in [0.15, 0.2) is 0 Å². The molecule has 2 fully saturated rings. The molecular weight excluding hydrogens is 1040 g/mol. The molecule has 438 valence electrons. The molecule has 0 amide bonds. The Kier molecular flexibility index (Phi) is 17.4. The van der Waals surface area contributed by atoms with Crippen molar-refractivity contribution in [3.05, 3.63) is 205 Å². The van der Waals surface area contributed by atoms with Gasteiger partial charge in [-0.05, 0) is 208 Å². The SMILES string of the molecule is CCCCC(CC)CC1(CC(CC)CCCC)c2ccc(N(c3ccc(B4OC(C)(C)C(C)(C)O4)cc3)c3ccc(-c4ccccc4)cc3)cc2-c2cc(N(c3ccc(B4OC(C)(C)C(C)(C)O4)cc3)c3ccc(-c4ccccc4)cc3)ccc21. The Morgan fingerprint density at radius 1 is 0.353 bits per heavy atom. The summed E-state index contributed by atoms with van der Waals surface area (Å²) in [6.45, 7) is 26.5. The summed E-state index contributed by atoms with van der Waals surface area (Å²) in [7, 11) is -0.918. The summed E-state index contributed by atoms with van der Waals surface area (Å²) >= 11 is 0. The maximum atomic E-state index is 6.59. The van der Waals surface area contributed by atoms with Gasteiger partial charge in [0.1, 0.15) is 0 Å². The quantitative estimate of drug-likeness (QED) is 0.0630. The molecule has 8 heteroatoms. The van der Waals surface area contributed by atoms with Gasteiger partial charge in [-0.25, -0.2) is 0 Å². The second-order valence-electron chi connectivity index (χ2n) is 26.6. The highest BCUT2D eigenvalue weighted by atomic mass is 16.7. The Bertz CT molecular complexity index is 3260. The van der Waals surface area contributed by atoms with E-state index in [2.05, 4.69) is 287 Å². The first-order valence-corrected chi connectivity index (χ1v) is 32.0. The smallest absolute Gasteiger partial charge is 0.399 e. The fraction of sp³-hybridized carbons (Fsp3) is 0.377. The fourth-order valence-electron chi connectivity index (χ4n) is 13.4. The van der Waals surface area contributed by atoms with Gasteiger partial charge in [0.25, 0.3) is 0 Å². The third kappa shape index (κ3) is 12.0. The third-order valence-electron chi connectivity index (χ3n) is 20.0. The van der Waals surface area contributed by atoms with Gasteiger partial charge < -0.3 is 28.4 Å². The maximum absolute atomic E-state index is 6.59. The molecule has 8 aromatic rings. The largest absolute Gasteiger partial charge is 0.494 e. The van der Waals surface area contributed by atoms with Crippen LogP contribution in [0.1, 0.15) is 158 Å². The standard InChI is InChI=1S/C77H90B2N2O4/c1-13-17-25-55(15-3)53-77(54-56(16-4)26-18-14-2)71-49-47-67(80(63-39-31-59(32-40-63)57-27-21-19-22-28-57)65-43-35-61(36-44-65)78-82-73(5,6)74(7,8)83-78)51-69(71)70-52-68(48-50-72(70)77)81(64-41-33-60(34-42-64)58-29-23-20-24-30-58)66-45-37-62(38-46-66)79-84-75(9,10)76(11,12)85-79/h19-24,27-52,55-56H,13-18,25-26,53-54H2,1-12H3. The van der Waals surface area contributed by atoms with Crippen LogP contribution in [0.15, 0.2) is 194 Å². The molecule has 0 saturated carbocycles. The minimum Gasteiger partial charge on any atom is -0.399 e. The minimum atomic E-state index is -0.459. The number of hydrogen-bond acceptors (Lipinski definition) is 6. The average Bonchev–Trinajstić information content (AvgIpc) is 3.51. The average molecular weight is 1130 g/mol. The lowest BCUT2D eigenvalue weighted by molar-refractivity contribution is 0.00578. The van der Waals surface area contributed by atoms with Gasteiger partial charge in [-0.3, -0.25) is 0 Å². The van der Waals surface area contributed by atoms with E-state index in [1.807, 2.05) is 0 Å². The third-order valence-corrected chi connectivity index (χ3v) is 20.0. The molecule has 0 aromatic heterocycles. The van der Waals surface area contributed by atoms with Crippen LogP contribution in [0, 0.1) is 11.8 Å². The Balaban J connectivity index is 1.09. The second-order valence-corrected chi connectivity index (χ2v) is 26.6. The van der Waals surface area contributed by atoms with Gasteiger partial charge in [0, 0.05) is 39.5 Å². The summed E-state index contributed by atoms with van der Waals surface area (Å²) in [6, 6.07) is 72.3. The first-order valence-electron chi connectivity index (χ1n) is 32.0. The highest BCUT2D eigenvalue weighted by Crippen LogP contribution is 2.59. The number of fused-ring (bicyclic) bond motifs is 3. The maximum Gasteiger partial charge on any atom is 0.494 e. The summed E-state index contributed by atoms with van der Waals surface area (Å²) in [5.74, 6) is 1.18. The Morgan fingerprint density at radius 3 is 0.953 bits per heavy atom. The lowest BCUT2D eigenvalue weighted by atomic mass is 9.65. The first kappa shape index (κ1) is 60.0. The van der Waals surface area contributed by atoms with Crippen LogP contribution < -0.4 is 20.7 Å². The lowest BCUT2D eigenvalue weighted by Crippen LogP contribution is -2.41. The van der Waals surface area contributed by atoms with Crippen molar-refractivity contribution < 1.29 is 18.6 Å². The molecule has 0 bridgehead atoms. The van der Waals surface area contributed by atoms with E-state index in [4.69, 9.17) is 18.6 Å². The van der Waals surface area contributed by atoms with E-state index in [1.165, 1.54) is 83.0 Å². The highest BCUT2D eigenvalue weighted by Gasteiger charge is 2.53. The van der Waals surface area contributed by atoms with Crippen molar-refractivity contribution in [3.8, 4) is 33.4 Å². The van der Waals surface area contributed by atoms with Crippen LogP contribution in [-0.4, -0.2) is 36.6 Å². The van der Waals surface area contributed by atoms with Crippen molar-refractivity contribution in [2.75, 3.05) is 9.80 Å². The molecule has 2 unspecified atom stereocenters. The van der Waals surface area contributed by atoms with Gasteiger partial charge in [0.05, 0.1) is 22.4 Å². The van der Waals surface area contributed by atoms with E-state index in [0.29, 0.717) is 11.8 Å². The number of hydrogen-bond donors (Lipinski definition) is 0. The van der Waals surface area contributed by atoms with Crippen molar-refractivity contribution in [2.45, 2.75) is 175 Å². The molecule has 2 heterocycles. The summed E-state index contributed by atoms with van der Waals surface area (Å²) < 4.78 is 26.4. The predicted octanol–water partition coefficient (Wildman–Crippen LogP) is 20.0. The molecule has 3 aliphatic rings. The second kappa shape index (κ2) is 24.6. The Morgan fingerprint density at radius 2 is 0.647 bits per heavy atom. The van der Waals surface area contributed by atoms with Crippen LogP contribution in [0.5, 0.6) is 0 Å². The molecule has 1 aliphatic carbocycles. The zero-order chi connectivity index (χ0) is 59.7. The normalized spacial score (nSPS) is 17.6. The van der Waals surface area contributed by atoms with Crippen molar-refractivity contribution >= 4 is 59.3 Å². The molecule has 0 N–H and O–H groups in total. The molecule has 11 rings (SSSR count). The number of rotatable bonds is 22. The van der Waals surface area contributed by atoms with Gasteiger partial charge in [-0.15, -0.1) is 0 Å². The molecule has 8 aromatic carbocycles. The molecule has 2 atom stereocenters. The minimum absolute atomic E-state index is 0.177. The van der Waals surface area contributed by atoms with Crippen molar-refractivity contribution in [1.82, 2.24) is 0 Å². The van der Waals surface area contributed by atoms with E-state index < -0.39 is 36.6 Å². The number of anilines is 6. The lowest BCUT2D eigenvalue weighted by Gasteiger charge is -2.39. The van der Waals surface area contributed by atoms with E-state index >= 15 is 0 Å². The molecule has 2 saturated heterocycles. The van der Waals surface area contributed by atoms with Gasteiger partial charge in [-0.1, -0.05) is 200 Å². The van der Waals surface area contributed by atoms with E-state index in [-0.39, 0.29) is 5.41 Å². The number of unbranched alkanes of at least 4 members (excludes halogenated alkanes) is 2. The van der Waals surface area contributed by atoms with Crippen LogP contribution in [-0.2, 0) is 24.0 Å². The summed E-state index contributed by atoms with van der Waals surface area (Å²) in [4.78, 5) is 4.89. The summed E-state index contributed by atoms with van der Waals surface area (Å²) in [5, 5.41) is 0. The molecule has 2 aliphatic heterocycles. The summed E-state index contributed by atoms with van der Waals surface area (Å²) in [5.41, 5.74) is 16.9. The van der Waals surface area contributed by atoms with E-state index in [1.54, 1.807) is 0 Å². The number of benzene rings is 8. The zero-order valence-electron chi connectivity index (χ0n) is 52.9. The van der Waals surface area contributed by atoms with Crippen LogP contribution in [0.2, 0.25) is 0 Å². The topological polar surface area (TPSA) is 43.4 Å². The van der Waals surface area contributed by atoms with Crippen molar-refractivity contribution in [1.29, 1.82) is 0 Å². The van der Waals surface area contributed by atoms with Gasteiger partial charge in [0.2, 0.25) is 0 Å². The van der Waals surface area contributed by atoms with Crippen LogP contribution in [0.3, 0.4) is 0 Å². The first-order chi connectivity index (χ1) is 40.9. The van der Waals surface area contributed by atoms with E-state index in [9.17, 15) is 0 Å². The fourth-order valence-corrected chi connectivity index (χ4v) is 13.4. The molecule has 0 spiro atoms. The van der Waals surface area contributed by atoms with Crippen molar-refractivity contribution in [3.63, 3.8) is 0 Å². The predicted molar refractivity (Wildman–Crippen MR) is 360 cm³/mol. The van der Waals surface area contributed by atoms with Crippen molar-refractivity contribution in [2.24, 2.45) is 11.8 Å². The van der Waals surface area contributed by atoms with Gasteiger partial charge >= 0.3 is 14.2 Å². The Hall–Kier alpha value is -6.67.